The Labute approximate surface area is 139 Å². The lowest BCUT2D eigenvalue weighted by Gasteiger charge is -2.03. The predicted molar refractivity (Wildman–Crippen MR) is 97.3 cm³/mol. The molecule has 0 fully saturated rings. The van der Waals surface area contributed by atoms with Gasteiger partial charge in [-0.25, -0.2) is 0 Å². The lowest BCUT2D eigenvalue weighted by atomic mass is 10.0. The van der Waals surface area contributed by atoms with Crippen LogP contribution in [0.4, 0.5) is 0 Å². The summed E-state index contributed by atoms with van der Waals surface area (Å²) in [5.41, 5.74) is 0. The maximum Gasteiger partial charge on any atom is 0.155 e. The first-order valence-corrected chi connectivity index (χ1v) is 10.1. The first-order valence-electron chi connectivity index (χ1n) is 10.1. The number of rotatable bonds is 0. The normalized spacial score (nSPS) is 22.8. The molecule has 0 N–H and O–H groups in total. The molecule has 0 heterocycles. The van der Waals surface area contributed by atoms with Gasteiger partial charge in [-0.2, -0.15) is 0 Å². The van der Waals surface area contributed by atoms with Gasteiger partial charge in [0, 0.05) is 6.42 Å². The van der Waals surface area contributed by atoms with Gasteiger partial charge in [-0.05, 0) is 25.3 Å². The number of carbonyl (C=O) groups is 1. The molecule has 0 atom stereocenters. The molecule has 0 unspecified atom stereocenters. The molecule has 1 aliphatic carbocycles. The zero-order chi connectivity index (χ0) is 15.7. The Kier molecular flexibility index (Phi) is 13.5. The van der Waals surface area contributed by atoms with Crippen molar-refractivity contribution in [1.29, 1.82) is 0 Å². The van der Waals surface area contributed by atoms with Crippen molar-refractivity contribution in [3.05, 3.63) is 12.2 Å². The fraction of sp³-hybridized carbons (Fsp3) is 0.857. The molecule has 0 aromatic heterocycles. The first kappa shape index (κ1) is 19.5. The highest BCUT2D eigenvalue weighted by atomic mass is 16.1. The zero-order valence-electron chi connectivity index (χ0n) is 14.8. The van der Waals surface area contributed by atoms with E-state index in [4.69, 9.17) is 0 Å². The molecule has 0 aromatic carbocycles. The van der Waals surface area contributed by atoms with Crippen molar-refractivity contribution in [2.24, 2.45) is 0 Å². The molecule has 0 aromatic rings. The van der Waals surface area contributed by atoms with Gasteiger partial charge in [-0.1, -0.05) is 96.0 Å². The molecule has 0 saturated heterocycles. The summed E-state index contributed by atoms with van der Waals surface area (Å²) in [5, 5.41) is 0. The number of allylic oxidation sites excluding steroid dienone is 2. The van der Waals surface area contributed by atoms with E-state index in [0.29, 0.717) is 5.78 Å². The molecular formula is C21H38O. The van der Waals surface area contributed by atoms with Crippen LogP contribution in [0.1, 0.15) is 116 Å². The minimum atomic E-state index is 0.339. The Bertz CT molecular complexity index is 280. The summed E-state index contributed by atoms with van der Waals surface area (Å²) in [4.78, 5) is 11.7. The molecule has 1 nitrogen and oxygen atoms in total. The fourth-order valence-corrected chi connectivity index (χ4v) is 3.33. The third-order valence-electron chi connectivity index (χ3n) is 4.85. The molecule has 0 spiro atoms. The van der Waals surface area contributed by atoms with Gasteiger partial charge in [0.05, 0.1) is 0 Å². The van der Waals surface area contributed by atoms with Gasteiger partial charge in [-0.3, -0.25) is 4.79 Å². The van der Waals surface area contributed by atoms with Crippen molar-refractivity contribution < 1.29 is 4.79 Å². The molecule has 1 rings (SSSR count). The van der Waals surface area contributed by atoms with Crippen LogP contribution in [-0.2, 0) is 4.79 Å². The highest BCUT2D eigenvalue weighted by molar-refractivity contribution is 5.89. The summed E-state index contributed by atoms with van der Waals surface area (Å²) >= 11 is 0. The fourth-order valence-electron chi connectivity index (χ4n) is 3.33. The van der Waals surface area contributed by atoms with Gasteiger partial charge in [-0.15, -0.1) is 0 Å². The van der Waals surface area contributed by atoms with Crippen molar-refractivity contribution in [2.75, 3.05) is 0 Å². The first-order chi connectivity index (χ1) is 10.9. The van der Waals surface area contributed by atoms with E-state index in [9.17, 15) is 4.79 Å². The molecule has 0 aliphatic heterocycles. The van der Waals surface area contributed by atoms with Crippen LogP contribution in [0.25, 0.3) is 0 Å². The van der Waals surface area contributed by atoms with E-state index in [1.165, 1.54) is 96.3 Å². The van der Waals surface area contributed by atoms with Gasteiger partial charge >= 0.3 is 0 Å². The summed E-state index contributed by atoms with van der Waals surface area (Å²) in [6.45, 7) is 0. The number of ketones is 1. The second-order valence-electron chi connectivity index (χ2n) is 7.06. The molecule has 128 valence electrons. The molecule has 0 saturated carbocycles. The molecule has 1 heteroatoms. The van der Waals surface area contributed by atoms with Gasteiger partial charge in [0.25, 0.3) is 0 Å². The SMILES string of the molecule is O=C1C=CCCCCCCCCCCCCCCCCCC1. The summed E-state index contributed by atoms with van der Waals surface area (Å²) in [5.74, 6) is 0.339. The minimum absolute atomic E-state index is 0.339. The Balaban J connectivity index is 2.15. The van der Waals surface area contributed by atoms with Crippen LogP contribution in [0.2, 0.25) is 0 Å². The summed E-state index contributed by atoms with van der Waals surface area (Å²) < 4.78 is 0. The van der Waals surface area contributed by atoms with Gasteiger partial charge in [0.15, 0.2) is 5.78 Å². The van der Waals surface area contributed by atoms with Crippen molar-refractivity contribution >= 4 is 5.78 Å². The molecule has 0 bridgehead atoms. The third-order valence-corrected chi connectivity index (χ3v) is 4.85. The Morgan fingerprint density at radius 2 is 0.864 bits per heavy atom. The van der Waals surface area contributed by atoms with E-state index in [1.807, 2.05) is 6.08 Å². The van der Waals surface area contributed by atoms with E-state index in [-0.39, 0.29) is 0 Å². The Morgan fingerprint density at radius 3 is 1.32 bits per heavy atom. The van der Waals surface area contributed by atoms with Crippen molar-refractivity contribution in [3.8, 4) is 0 Å². The average Bonchev–Trinajstić information content (AvgIpc) is 2.52. The van der Waals surface area contributed by atoms with Crippen LogP contribution < -0.4 is 0 Å². The van der Waals surface area contributed by atoms with Gasteiger partial charge in [0.2, 0.25) is 0 Å². The van der Waals surface area contributed by atoms with Crippen LogP contribution in [-0.4, -0.2) is 5.78 Å². The van der Waals surface area contributed by atoms with E-state index >= 15 is 0 Å². The van der Waals surface area contributed by atoms with Crippen molar-refractivity contribution in [2.45, 2.75) is 116 Å². The van der Waals surface area contributed by atoms with E-state index in [0.717, 1.165) is 19.3 Å². The maximum absolute atomic E-state index is 11.7. The highest BCUT2D eigenvalue weighted by Crippen LogP contribution is 2.14. The van der Waals surface area contributed by atoms with Crippen LogP contribution in [0.5, 0.6) is 0 Å². The molecular weight excluding hydrogens is 268 g/mol. The van der Waals surface area contributed by atoms with Gasteiger partial charge in [0.1, 0.15) is 0 Å². The summed E-state index contributed by atoms with van der Waals surface area (Å²) in [6, 6.07) is 0. The summed E-state index contributed by atoms with van der Waals surface area (Å²) in [6.07, 6.45) is 27.6. The molecule has 0 radical (unpaired) electrons. The number of hydrogen-bond acceptors (Lipinski definition) is 1. The van der Waals surface area contributed by atoms with Crippen LogP contribution >= 0.6 is 0 Å². The maximum atomic E-state index is 11.7. The topological polar surface area (TPSA) is 17.1 Å². The molecule has 0 amide bonds. The monoisotopic (exact) mass is 306 g/mol. The quantitative estimate of drug-likeness (QED) is 0.464. The second kappa shape index (κ2) is 15.3. The highest BCUT2D eigenvalue weighted by Gasteiger charge is 1.98. The van der Waals surface area contributed by atoms with Crippen LogP contribution in [0.3, 0.4) is 0 Å². The Morgan fingerprint density at radius 1 is 0.500 bits per heavy atom. The molecule has 22 heavy (non-hydrogen) atoms. The van der Waals surface area contributed by atoms with E-state index < -0.39 is 0 Å². The third kappa shape index (κ3) is 13.1. The Hall–Kier alpha value is -0.590. The van der Waals surface area contributed by atoms with Crippen molar-refractivity contribution in [3.63, 3.8) is 0 Å². The van der Waals surface area contributed by atoms with Crippen LogP contribution in [0, 0.1) is 0 Å². The standard InChI is InChI=1S/C21H38O/c22-21-19-17-15-13-11-9-7-5-3-1-2-4-6-8-10-12-14-16-18-20-21/h17,19H,1-16,18,20H2. The van der Waals surface area contributed by atoms with Gasteiger partial charge < -0.3 is 0 Å². The largest absolute Gasteiger partial charge is 0.295 e. The second-order valence-corrected chi connectivity index (χ2v) is 7.06. The minimum Gasteiger partial charge on any atom is -0.295 e. The lowest BCUT2D eigenvalue weighted by Crippen LogP contribution is -1.92. The van der Waals surface area contributed by atoms with E-state index in [2.05, 4.69) is 6.08 Å². The van der Waals surface area contributed by atoms with E-state index in [1.54, 1.807) is 0 Å². The lowest BCUT2D eigenvalue weighted by molar-refractivity contribution is -0.114. The zero-order valence-corrected chi connectivity index (χ0v) is 14.8. The predicted octanol–water partition coefficient (Wildman–Crippen LogP) is 7.15. The molecule has 1 aliphatic rings. The summed E-state index contributed by atoms with van der Waals surface area (Å²) in [7, 11) is 0. The smallest absolute Gasteiger partial charge is 0.155 e. The number of carbonyl (C=O) groups excluding carboxylic acids is 1. The number of hydrogen-bond donors (Lipinski definition) is 0. The van der Waals surface area contributed by atoms with Crippen molar-refractivity contribution in [1.82, 2.24) is 0 Å². The van der Waals surface area contributed by atoms with Crippen LogP contribution in [0.15, 0.2) is 12.2 Å². The average molecular weight is 307 g/mol.